The van der Waals surface area contributed by atoms with Gasteiger partial charge in [0.05, 0.1) is 5.69 Å². The second kappa shape index (κ2) is 6.63. The van der Waals surface area contributed by atoms with E-state index >= 15 is 0 Å². The van der Waals surface area contributed by atoms with Crippen LogP contribution in [0.25, 0.3) is 0 Å². The summed E-state index contributed by atoms with van der Waals surface area (Å²) in [6, 6.07) is 6.91. The SMILES string of the molecule is CCC1CNC2(CCCCC2)CN1c1ccc(Cl)cc1I. The Bertz CT molecular complexity index is 500. The molecule has 1 N–H and O–H groups in total. The molecular formula is C17H24ClIN2. The smallest absolute Gasteiger partial charge is 0.0506 e. The average Bonchev–Trinajstić information content (AvgIpc) is 2.48. The number of hydrogen-bond acceptors (Lipinski definition) is 2. The molecule has 3 rings (SSSR count). The van der Waals surface area contributed by atoms with Crippen molar-refractivity contribution in [2.75, 3.05) is 18.0 Å². The summed E-state index contributed by atoms with van der Waals surface area (Å²) in [5, 5.41) is 4.73. The van der Waals surface area contributed by atoms with E-state index in [0.29, 0.717) is 11.6 Å². The highest BCUT2D eigenvalue weighted by atomic mass is 127. The molecule has 0 radical (unpaired) electrons. The van der Waals surface area contributed by atoms with E-state index in [1.807, 2.05) is 6.07 Å². The van der Waals surface area contributed by atoms with Gasteiger partial charge < -0.3 is 10.2 Å². The summed E-state index contributed by atoms with van der Waals surface area (Å²) in [5.41, 5.74) is 1.70. The first kappa shape index (κ1) is 15.9. The number of anilines is 1. The van der Waals surface area contributed by atoms with Crippen LogP contribution >= 0.6 is 34.2 Å². The summed E-state index contributed by atoms with van der Waals surface area (Å²) in [6.45, 7) is 4.54. The van der Waals surface area contributed by atoms with Gasteiger partial charge in [0.2, 0.25) is 0 Å². The molecule has 2 aliphatic rings. The molecule has 1 aromatic carbocycles. The maximum Gasteiger partial charge on any atom is 0.0506 e. The molecule has 116 valence electrons. The average molecular weight is 419 g/mol. The molecule has 1 aliphatic carbocycles. The number of halogens is 2. The lowest BCUT2D eigenvalue weighted by Gasteiger charge is -2.50. The van der Waals surface area contributed by atoms with E-state index in [9.17, 15) is 0 Å². The molecule has 1 heterocycles. The van der Waals surface area contributed by atoms with Crippen molar-refractivity contribution in [2.24, 2.45) is 0 Å². The summed E-state index contributed by atoms with van der Waals surface area (Å²) in [6.07, 6.45) is 7.97. The summed E-state index contributed by atoms with van der Waals surface area (Å²) < 4.78 is 1.27. The zero-order chi connectivity index (χ0) is 14.9. The van der Waals surface area contributed by atoms with Crippen molar-refractivity contribution >= 4 is 39.9 Å². The number of piperazine rings is 1. The number of rotatable bonds is 2. The standard InChI is InChI=1S/C17H24ClIN2/c1-2-14-11-20-17(8-4-3-5-9-17)12-21(14)16-7-6-13(18)10-15(16)19/h6-7,10,14,20H,2-5,8-9,11-12H2,1H3. The minimum Gasteiger partial charge on any atom is -0.365 e. The minimum absolute atomic E-state index is 0.340. The fourth-order valence-electron chi connectivity index (χ4n) is 3.88. The van der Waals surface area contributed by atoms with Gasteiger partial charge >= 0.3 is 0 Å². The van der Waals surface area contributed by atoms with E-state index in [1.54, 1.807) is 0 Å². The summed E-state index contributed by atoms with van der Waals surface area (Å²) >= 11 is 8.56. The highest BCUT2D eigenvalue weighted by Crippen LogP contribution is 2.36. The summed E-state index contributed by atoms with van der Waals surface area (Å²) in [7, 11) is 0. The highest BCUT2D eigenvalue weighted by Gasteiger charge is 2.39. The van der Waals surface area contributed by atoms with Crippen LogP contribution in [0.4, 0.5) is 5.69 Å². The van der Waals surface area contributed by atoms with Gasteiger partial charge in [-0.2, -0.15) is 0 Å². The van der Waals surface area contributed by atoms with Crippen LogP contribution in [0.2, 0.25) is 5.02 Å². The monoisotopic (exact) mass is 418 g/mol. The van der Waals surface area contributed by atoms with Crippen molar-refractivity contribution < 1.29 is 0 Å². The number of benzene rings is 1. The van der Waals surface area contributed by atoms with Crippen molar-refractivity contribution in [1.82, 2.24) is 5.32 Å². The second-order valence-electron chi connectivity index (χ2n) is 6.51. The Balaban J connectivity index is 1.88. The van der Waals surface area contributed by atoms with Gasteiger partial charge in [0.1, 0.15) is 0 Å². The molecule has 1 saturated heterocycles. The molecular weight excluding hydrogens is 395 g/mol. The van der Waals surface area contributed by atoms with E-state index < -0.39 is 0 Å². The van der Waals surface area contributed by atoms with Gasteiger partial charge in [-0.3, -0.25) is 0 Å². The molecule has 0 bridgehead atoms. The maximum absolute atomic E-state index is 6.13. The van der Waals surface area contributed by atoms with E-state index in [-0.39, 0.29) is 0 Å². The lowest BCUT2D eigenvalue weighted by atomic mass is 9.79. The van der Waals surface area contributed by atoms with Crippen LogP contribution < -0.4 is 10.2 Å². The second-order valence-corrected chi connectivity index (χ2v) is 8.11. The molecule has 21 heavy (non-hydrogen) atoms. The Morgan fingerprint density at radius 2 is 2.10 bits per heavy atom. The molecule has 0 amide bonds. The molecule has 1 aromatic rings. The van der Waals surface area contributed by atoms with Gasteiger partial charge in [-0.05, 0) is 60.1 Å². The van der Waals surface area contributed by atoms with E-state index in [1.165, 1.54) is 47.8 Å². The lowest BCUT2D eigenvalue weighted by molar-refractivity contribution is 0.195. The van der Waals surface area contributed by atoms with Crippen LogP contribution in [0.1, 0.15) is 45.4 Å². The van der Waals surface area contributed by atoms with E-state index in [2.05, 4.69) is 51.9 Å². The van der Waals surface area contributed by atoms with Crippen LogP contribution in [-0.2, 0) is 0 Å². The van der Waals surface area contributed by atoms with Crippen LogP contribution in [0.3, 0.4) is 0 Å². The zero-order valence-corrected chi connectivity index (χ0v) is 15.6. The Morgan fingerprint density at radius 3 is 2.76 bits per heavy atom. The summed E-state index contributed by atoms with van der Waals surface area (Å²) in [5.74, 6) is 0. The van der Waals surface area contributed by atoms with Crippen molar-refractivity contribution in [1.29, 1.82) is 0 Å². The predicted octanol–water partition coefficient (Wildman–Crippen LogP) is 4.84. The number of nitrogens with zero attached hydrogens (tertiary/aromatic N) is 1. The highest BCUT2D eigenvalue weighted by molar-refractivity contribution is 14.1. The van der Waals surface area contributed by atoms with Gasteiger partial charge in [-0.25, -0.2) is 0 Å². The molecule has 0 aromatic heterocycles. The fourth-order valence-corrected chi connectivity index (χ4v) is 5.06. The van der Waals surface area contributed by atoms with Crippen molar-refractivity contribution in [2.45, 2.75) is 57.0 Å². The van der Waals surface area contributed by atoms with Gasteiger partial charge in [0.15, 0.2) is 0 Å². The lowest BCUT2D eigenvalue weighted by Crippen LogP contribution is -2.65. The Morgan fingerprint density at radius 1 is 1.33 bits per heavy atom. The molecule has 1 saturated carbocycles. The zero-order valence-electron chi connectivity index (χ0n) is 12.7. The minimum atomic E-state index is 0.340. The van der Waals surface area contributed by atoms with E-state index in [0.717, 1.165) is 18.1 Å². The number of hydrogen-bond donors (Lipinski definition) is 1. The Hall–Kier alpha value is -0.000000000000000111. The van der Waals surface area contributed by atoms with Crippen molar-refractivity contribution in [3.8, 4) is 0 Å². The van der Waals surface area contributed by atoms with Crippen LogP contribution in [0.15, 0.2) is 18.2 Å². The van der Waals surface area contributed by atoms with Crippen LogP contribution in [0, 0.1) is 3.57 Å². The molecule has 4 heteroatoms. The van der Waals surface area contributed by atoms with Crippen LogP contribution in [-0.4, -0.2) is 24.7 Å². The predicted molar refractivity (Wildman–Crippen MR) is 99.4 cm³/mol. The maximum atomic E-state index is 6.13. The first-order valence-corrected chi connectivity index (χ1v) is 9.56. The third-order valence-corrected chi connectivity index (χ3v) is 6.23. The van der Waals surface area contributed by atoms with Gasteiger partial charge in [-0.15, -0.1) is 0 Å². The topological polar surface area (TPSA) is 15.3 Å². The normalized spacial score (nSPS) is 25.3. The fraction of sp³-hybridized carbons (Fsp3) is 0.647. The first-order chi connectivity index (χ1) is 10.1. The van der Waals surface area contributed by atoms with Gasteiger partial charge in [0.25, 0.3) is 0 Å². The molecule has 1 atom stereocenters. The third kappa shape index (κ3) is 3.35. The largest absolute Gasteiger partial charge is 0.365 e. The quantitative estimate of drug-likeness (QED) is 0.692. The van der Waals surface area contributed by atoms with Crippen LogP contribution in [0.5, 0.6) is 0 Å². The third-order valence-electron chi connectivity index (χ3n) is 5.13. The van der Waals surface area contributed by atoms with E-state index in [4.69, 9.17) is 11.6 Å². The van der Waals surface area contributed by atoms with Gasteiger partial charge in [0, 0.05) is 33.3 Å². The molecule has 1 spiro atoms. The molecule has 1 aliphatic heterocycles. The van der Waals surface area contributed by atoms with Crippen molar-refractivity contribution in [3.63, 3.8) is 0 Å². The first-order valence-electron chi connectivity index (χ1n) is 8.10. The van der Waals surface area contributed by atoms with Gasteiger partial charge in [-0.1, -0.05) is 37.8 Å². The van der Waals surface area contributed by atoms with Crippen molar-refractivity contribution in [3.05, 3.63) is 26.8 Å². The number of nitrogens with one attached hydrogen (secondary N) is 1. The Kier molecular flexibility index (Phi) is 5.01. The molecule has 2 fully saturated rings. The molecule has 2 nitrogen and oxygen atoms in total. The summed E-state index contributed by atoms with van der Waals surface area (Å²) in [4.78, 5) is 2.64. The molecule has 1 unspecified atom stereocenters. The Labute approximate surface area is 146 Å².